The second kappa shape index (κ2) is 6.77. The molecule has 1 unspecified atom stereocenters. The fraction of sp³-hybridized carbons (Fsp3) is 0.462. The number of rotatable bonds is 5. The van der Waals surface area contributed by atoms with Crippen molar-refractivity contribution in [1.82, 2.24) is 5.32 Å². The summed E-state index contributed by atoms with van der Waals surface area (Å²) in [5, 5.41) is 3.22. The molecule has 1 atom stereocenters. The molecule has 0 saturated carbocycles. The van der Waals surface area contributed by atoms with Crippen molar-refractivity contribution >= 4 is 21.9 Å². The van der Waals surface area contributed by atoms with Gasteiger partial charge in [-0.2, -0.15) is 0 Å². The summed E-state index contributed by atoms with van der Waals surface area (Å²) < 4.78 is 5.81. The van der Waals surface area contributed by atoms with Gasteiger partial charge >= 0.3 is 5.97 Å². The number of hydrogen-bond donors (Lipinski definition) is 1. The van der Waals surface area contributed by atoms with Crippen molar-refractivity contribution in [2.75, 3.05) is 7.11 Å². The molecule has 0 aliphatic heterocycles. The normalized spacial score (nSPS) is 12.5. The van der Waals surface area contributed by atoms with Gasteiger partial charge in [0.1, 0.15) is 6.04 Å². The lowest BCUT2D eigenvalue weighted by Gasteiger charge is -2.19. The highest BCUT2D eigenvalue weighted by molar-refractivity contribution is 9.10. The van der Waals surface area contributed by atoms with E-state index in [4.69, 9.17) is 4.74 Å². The van der Waals surface area contributed by atoms with Crippen LogP contribution in [0.4, 0.5) is 0 Å². The predicted molar refractivity (Wildman–Crippen MR) is 71.6 cm³/mol. The first-order chi connectivity index (χ1) is 8.04. The number of halogens is 1. The Morgan fingerprint density at radius 3 is 2.71 bits per heavy atom. The van der Waals surface area contributed by atoms with Gasteiger partial charge in [-0.05, 0) is 23.6 Å². The molecule has 0 fully saturated rings. The first kappa shape index (κ1) is 14.2. The second-order valence-electron chi connectivity index (χ2n) is 4.26. The van der Waals surface area contributed by atoms with Crippen molar-refractivity contribution in [3.05, 3.63) is 34.3 Å². The lowest BCUT2D eigenvalue weighted by atomic mass is 10.0. The molecular weight excluding hydrogens is 282 g/mol. The summed E-state index contributed by atoms with van der Waals surface area (Å²) >= 11 is 3.42. The van der Waals surface area contributed by atoms with Crippen LogP contribution in [0.1, 0.15) is 19.4 Å². The Hall–Kier alpha value is -0.870. The van der Waals surface area contributed by atoms with E-state index in [2.05, 4.69) is 21.2 Å². The first-order valence-corrected chi connectivity index (χ1v) is 6.39. The molecule has 1 rings (SSSR count). The quantitative estimate of drug-likeness (QED) is 0.850. The maximum atomic E-state index is 11.5. The topological polar surface area (TPSA) is 38.3 Å². The van der Waals surface area contributed by atoms with Gasteiger partial charge in [0.05, 0.1) is 7.11 Å². The molecule has 4 heteroatoms. The van der Waals surface area contributed by atoms with Crippen molar-refractivity contribution in [2.24, 2.45) is 5.92 Å². The van der Waals surface area contributed by atoms with Crippen LogP contribution in [-0.2, 0) is 16.1 Å². The third-order valence-corrected chi connectivity index (χ3v) is 3.03. The van der Waals surface area contributed by atoms with E-state index >= 15 is 0 Å². The second-order valence-corrected chi connectivity index (χ2v) is 5.17. The van der Waals surface area contributed by atoms with Gasteiger partial charge in [-0.25, -0.2) is 0 Å². The van der Waals surface area contributed by atoms with Gasteiger partial charge in [-0.15, -0.1) is 0 Å². The van der Waals surface area contributed by atoms with E-state index in [-0.39, 0.29) is 17.9 Å². The number of nitrogens with one attached hydrogen (secondary N) is 1. The fourth-order valence-corrected chi connectivity index (χ4v) is 2.04. The number of esters is 1. The summed E-state index contributed by atoms with van der Waals surface area (Å²) in [5.41, 5.74) is 1.13. The van der Waals surface area contributed by atoms with Gasteiger partial charge in [0.15, 0.2) is 0 Å². The number of carbonyl (C=O) groups is 1. The van der Waals surface area contributed by atoms with Crippen molar-refractivity contribution in [2.45, 2.75) is 26.4 Å². The molecule has 0 aliphatic rings. The molecule has 0 radical (unpaired) electrons. The van der Waals surface area contributed by atoms with Crippen LogP contribution < -0.4 is 5.32 Å². The van der Waals surface area contributed by atoms with E-state index in [0.29, 0.717) is 6.54 Å². The molecule has 1 N–H and O–H groups in total. The summed E-state index contributed by atoms with van der Waals surface area (Å²) in [6.45, 7) is 4.64. The molecule has 17 heavy (non-hydrogen) atoms. The van der Waals surface area contributed by atoms with Crippen LogP contribution in [0.25, 0.3) is 0 Å². The van der Waals surface area contributed by atoms with E-state index in [1.54, 1.807) is 0 Å². The van der Waals surface area contributed by atoms with E-state index in [1.807, 2.05) is 38.1 Å². The highest BCUT2D eigenvalue weighted by Crippen LogP contribution is 2.12. The monoisotopic (exact) mass is 299 g/mol. The Morgan fingerprint density at radius 1 is 1.47 bits per heavy atom. The molecule has 0 aromatic heterocycles. The average molecular weight is 300 g/mol. The largest absolute Gasteiger partial charge is 0.468 e. The SMILES string of the molecule is COC(=O)C(NCc1cccc(Br)c1)C(C)C. The number of methoxy groups -OCH3 is 1. The van der Waals surface area contributed by atoms with Crippen LogP contribution in [0, 0.1) is 5.92 Å². The molecule has 1 aromatic carbocycles. The zero-order valence-electron chi connectivity index (χ0n) is 10.4. The summed E-state index contributed by atoms with van der Waals surface area (Å²) in [5.74, 6) is -0.00963. The van der Waals surface area contributed by atoms with Crippen molar-refractivity contribution < 1.29 is 9.53 Å². The minimum Gasteiger partial charge on any atom is -0.468 e. The van der Waals surface area contributed by atoms with E-state index in [0.717, 1.165) is 10.0 Å². The molecule has 0 bridgehead atoms. The number of hydrogen-bond acceptors (Lipinski definition) is 3. The molecule has 0 spiro atoms. The molecule has 1 aromatic rings. The Kier molecular flexibility index (Phi) is 5.65. The van der Waals surface area contributed by atoms with Gasteiger partial charge in [-0.3, -0.25) is 4.79 Å². The summed E-state index contributed by atoms with van der Waals surface area (Å²) in [6, 6.07) is 7.74. The number of benzene rings is 1. The van der Waals surface area contributed by atoms with Crippen LogP contribution in [0.2, 0.25) is 0 Å². The zero-order valence-corrected chi connectivity index (χ0v) is 12.0. The standard InChI is InChI=1S/C13H18BrNO2/c1-9(2)12(13(16)17-3)15-8-10-5-4-6-11(14)7-10/h4-7,9,12,15H,8H2,1-3H3. The summed E-state index contributed by atoms with van der Waals surface area (Å²) in [4.78, 5) is 11.5. The van der Waals surface area contributed by atoms with Crippen LogP contribution >= 0.6 is 15.9 Å². The molecule has 3 nitrogen and oxygen atoms in total. The number of carbonyl (C=O) groups excluding carboxylic acids is 1. The highest BCUT2D eigenvalue weighted by Gasteiger charge is 2.21. The van der Waals surface area contributed by atoms with Crippen molar-refractivity contribution in [3.8, 4) is 0 Å². The Balaban J connectivity index is 2.61. The lowest BCUT2D eigenvalue weighted by Crippen LogP contribution is -2.41. The van der Waals surface area contributed by atoms with Gasteiger partial charge < -0.3 is 10.1 Å². The zero-order chi connectivity index (χ0) is 12.8. The minimum absolute atomic E-state index is 0.203. The average Bonchev–Trinajstić information content (AvgIpc) is 2.28. The van der Waals surface area contributed by atoms with Gasteiger partial charge in [0.25, 0.3) is 0 Å². The maximum Gasteiger partial charge on any atom is 0.323 e. The van der Waals surface area contributed by atoms with Crippen LogP contribution in [0.3, 0.4) is 0 Å². The fourth-order valence-electron chi connectivity index (χ4n) is 1.59. The number of ether oxygens (including phenoxy) is 1. The highest BCUT2D eigenvalue weighted by atomic mass is 79.9. The first-order valence-electron chi connectivity index (χ1n) is 5.60. The summed E-state index contributed by atoms with van der Waals surface area (Å²) in [7, 11) is 1.42. The van der Waals surface area contributed by atoms with Gasteiger partial charge in [-0.1, -0.05) is 41.9 Å². The third kappa shape index (κ3) is 4.48. The smallest absolute Gasteiger partial charge is 0.323 e. The van der Waals surface area contributed by atoms with Crippen molar-refractivity contribution in [3.63, 3.8) is 0 Å². The third-order valence-electron chi connectivity index (χ3n) is 2.54. The maximum absolute atomic E-state index is 11.5. The van der Waals surface area contributed by atoms with E-state index < -0.39 is 0 Å². The van der Waals surface area contributed by atoms with Crippen LogP contribution in [-0.4, -0.2) is 19.1 Å². The Bertz CT molecular complexity index is 379. The van der Waals surface area contributed by atoms with Crippen molar-refractivity contribution in [1.29, 1.82) is 0 Å². The van der Waals surface area contributed by atoms with E-state index in [9.17, 15) is 4.79 Å². The molecule has 0 amide bonds. The Labute approximate surface area is 111 Å². The predicted octanol–water partition coefficient (Wildman–Crippen LogP) is 2.74. The molecule has 0 aliphatic carbocycles. The Morgan fingerprint density at radius 2 is 2.18 bits per heavy atom. The van der Waals surface area contributed by atoms with Gasteiger partial charge in [0, 0.05) is 11.0 Å². The molecule has 94 valence electrons. The van der Waals surface area contributed by atoms with Gasteiger partial charge in [0.2, 0.25) is 0 Å². The molecule has 0 heterocycles. The lowest BCUT2D eigenvalue weighted by molar-refractivity contribution is -0.144. The van der Waals surface area contributed by atoms with Crippen LogP contribution in [0.15, 0.2) is 28.7 Å². The molecular formula is C13H18BrNO2. The van der Waals surface area contributed by atoms with Crippen LogP contribution in [0.5, 0.6) is 0 Å². The van der Waals surface area contributed by atoms with E-state index in [1.165, 1.54) is 7.11 Å². The summed E-state index contributed by atoms with van der Waals surface area (Å²) in [6.07, 6.45) is 0. The minimum atomic E-state index is -0.265. The molecule has 0 saturated heterocycles.